The molecule has 7 nitrogen and oxygen atoms in total. The number of hydrogen-bond acceptors (Lipinski definition) is 6. The fraction of sp³-hybridized carbons (Fsp3) is 0.556. The van der Waals surface area contributed by atoms with Gasteiger partial charge in [0, 0.05) is 51.0 Å². The maximum atomic E-state index is 10.8. The maximum absolute atomic E-state index is 10.8. The smallest absolute Gasteiger partial charge is 0.317 e. The second-order valence-electron chi connectivity index (χ2n) is 6.79. The van der Waals surface area contributed by atoms with E-state index in [1.54, 1.807) is 6.21 Å². The van der Waals surface area contributed by atoms with Crippen molar-refractivity contribution >= 4 is 55.1 Å². The molecule has 160 valence electrons. The normalized spacial score (nSPS) is 18.8. The Kier molecular flexibility index (Phi) is 12.5. The van der Waals surface area contributed by atoms with Crippen LogP contribution in [0.25, 0.3) is 0 Å². The molecule has 0 aromatic heterocycles. The van der Waals surface area contributed by atoms with Crippen LogP contribution < -0.4 is 10.7 Å². The number of piperidine rings is 1. The van der Waals surface area contributed by atoms with Gasteiger partial charge >= 0.3 is 5.97 Å². The van der Waals surface area contributed by atoms with Crippen LogP contribution in [0.3, 0.4) is 0 Å². The summed E-state index contributed by atoms with van der Waals surface area (Å²) >= 11 is 0. The van der Waals surface area contributed by atoms with Crippen molar-refractivity contribution in [2.24, 2.45) is 10.9 Å². The summed E-state index contributed by atoms with van der Waals surface area (Å²) in [6.45, 7) is 6.14. The lowest BCUT2D eigenvalue weighted by Gasteiger charge is -2.43. The Morgan fingerprint density at radius 2 is 1.61 bits per heavy atom. The fourth-order valence-electron chi connectivity index (χ4n) is 3.84. The lowest BCUT2D eigenvalue weighted by molar-refractivity contribution is -0.138. The van der Waals surface area contributed by atoms with Gasteiger partial charge < -0.3 is 15.8 Å². The summed E-state index contributed by atoms with van der Waals surface area (Å²) in [6.07, 6.45) is 3.79. The first kappa shape index (κ1) is 26.8. The Labute approximate surface area is 185 Å². The highest BCUT2D eigenvalue weighted by Crippen LogP contribution is 2.21. The Balaban J connectivity index is 0.00000243. The number of nitrogens with two attached hydrogens (primary N) is 1. The van der Waals surface area contributed by atoms with Gasteiger partial charge in [-0.25, -0.2) is 0 Å². The van der Waals surface area contributed by atoms with Gasteiger partial charge in [-0.1, -0.05) is 12.1 Å². The number of carboxylic acids is 1. The molecule has 28 heavy (non-hydrogen) atoms. The number of likely N-dealkylation sites (tertiary alicyclic amines) is 1. The van der Waals surface area contributed by atoms with E-state index in [9.17, 15) is 4.79 Å². The predicted molar refractivity (Wildman–Crippen MR) is 121 cm³/mol. The van der Waals surface area contributed by atoms with Gasteiger partial charge in [-0.3, -0.25) is 14.6 Å². The molecule has 0 bridgehead atoms. The van der Waals surface area contributed by atoms with Crippen LogP contribution in [0.5, 0.6) is 0 Å². The van der Waals surface area contributed by atoms with Crippen LogP contribution in [0.2, 0.25) is 0 Å². The fourth-order valence-corrected chi connectivity index (χ4v) is 3.84. The third-order valence-electron chi connectivity index (χ3n) is 5.23. The van der Waals surface area contributed by atoms with Crippen molar-refractivity contribution in [1.82, 2.24) is 9.80 Å². The monoisotopic (exact) mass is 453 g/mol. The van der Waals surface area contributed by atoms with Crippen LogP contribution in [0.1, 0.15) is 18.4 Å². The lowest BCUT2D eigenvalue weighted by atomic mass is 10.0. The first-order valence-corrected chi connectivity index (χ1v) is 8.92. The van der Waals surface area contributed by atoms with E-state index in [1.165, 1.54) is 5.69 Å². The molecule has 0 radical (unpaired) electrons. The van der Waals surface area contributed by atoms with Crippen molar-refractivity contribution in [3.05, 3.63) is 29.8 Å². The number of halogens is 3. The molecule has 2 aliphatic heterocycles. The molecular formula is C18H30Cl3N5O2. The molecule has 3 N–H and O–H groups in total. The van der Waals surface area contributed by atoms with E-state index < -0.39 is 5.97 Å². The van der Waals surface area contributed by atoms with E-state index >= 15 is 0 Å². The van der Waals surface area contributed by atoms with E-state index in [0.717, 1.165) is 57.7 Å². The number of nitrogens with zero attached hydrogens (tertiary/aromatic N) is 4. The number of benzene rings is 1. The molecule has 10 heteroatoms. The van der Waals surface area contributed by atoms with Gasteiger partial charge in [0.25, 0.3) is 0 Å². The maximum Gasteiger partial charge on any atom is 0.317 e. The number of carboxylic acid groups (broad SMARTS) is 1. The van der Waals surface area contributed by atoms with E-state index in [1.807, 2.05) is 17.0 Å². The molecule has 0 atom stereocenters. The summed E-state index contributed by atoms with van der Waals surface area (Å²) < 4.78 is 0. The zero-order valence-electron chi connectivity index (χ0n) is 15.8. The highest BCUT2D eigenvalue weighted by molar-refractivity contribution is 5.86. The number of carbonyl (C=O) groups is 1. The van der Waals surface area contributed by atoms with Crippen molar-refractivity contribution in [2.45, 2.75) is 18.9 Å². The van der Waals surface area contributed by atoms with Gasteiger partial charge in [0.2, 0.25) is 0 Å². The quantitative estimate of drug-likeness (QED) is 0.402. The number of anilines is 1. The molecule has 1 aromatic rings. The Bertz CT molecular complexity index is 602. The zero-order valence-corrected chi connectivity index (χ0v) is 18.2. The Hall–Kier alpha value is -1.25. The minimum absolute atomic E-state index is 0. The van der Waals surface area contributed by atoms with Crippen molar-refractivity contribution in [1.29, 1.82) is 0 Å². The van der Waals surface area contributed by atoms with E-state index in [2.05, 4.69) is 27.0 Å². The molecule has 2 saturated heterocycles. The molecular weight excluding hydrogens is 425 g/mol. The summed E-state index contributed by atoms with van der Waals surface area (Å²) in [5, 5.41) is 12.4. The van der Waals surface area contributed by atoms with Crippen LogP contribution in [0.15, 0.2) is 29.4 Å². The van der Waals surface area contributed by atoms with Gasteiger partial charge in [0.1, 0.15) is 0 Å². The molecule has 0 unspecified atom stereocenters. The van der Waals surface area contributed by atoms with Crippen molar-refractivity contribution < 1.29 is 9.90 Å². The predicted octanol–water partition coefficient (Wildman–Crippen LogP) is 1.92. The molecule has 1 aromatic carbocycles. The molecule has 2 fully saturated rings. The standard InChI is InChI=1S/C18H27N5O2.3ClH/c19-20-13-15-1-3-16(4-2-15)22-9-11-23(12-10-22)17-5-7-21(8-6-17)14-18(24)25;;;/h1-4,13,17H,5-12,14,19H2,(H,24,25);3*1H. The summed E-state index contributed by atoms with van der Waals surface area (Å²) in [7, 11) is 0. The van der Waals surface area contributed by atoms with Crippen LogP contribution in [-0.2, 0) is 4.79 Å². The van der Waals surface area contributed by atoms with Crippen LogP contribution in [0.4, 0.5) is 5.69 Å². The highest BCUT2D eigenvalue weighted by atomic mass is 35.5. The number of hydrazone groups is 1. The van der Waals surface area contributed by atoms with Crippen LogP contribution in [0, 0.1) is 0 Å². The third-order valence-corrected chi connectivity index (χ3v) is 5.23. The average Bonchev–Trinajstić information content (AvgIpc) is 2.63. The number of rotatable bonds is 5. The van der Waals surface area contributed by atoms with E-state index in [-0.39, 0.29) is 43.8 Å². The lowest BCUT2D eigenvalue weighted by Crippen LogP contribution is -2.53. The Morgan fingerprint density at radius 1 is 1.04 bits per heavy atom. The number of aliphatic carboxylic acids is 1. The van der Waals surface area contributed by atoms with Gasteiger partial charge in [0.15, 0.2) is 0 Å². The van der Waals surface area contributed by atoms with Gasteiger partial charge in [-0.05, 0) is 30.5 Å². The van der Waals surface area contributed by atoms with Crippen molar-refractivity contribution in [3.63, 3.8) is 0 Å². The van der Waals surface area contributed by atoms with Gasteiger partial charge in [-0.2, -0.15) is 5.10 Å². The highest BCUT2D eigenvalue weighted by Gasteiger charge is 2.28. The SMILES string of the molecule is Cl.Cl.Cl.NN=Cc1ccc(N2CCN(C3CCN(CC(=O)O)CC3)CC2)cc1. The largest absolute Gasteiger partial charge is 0.480 e. The van der Waals surface area contributed by atoms with E-state index in [4.69, 9.17) is 10.9 Å². The first-order chi connectivity index (χ1) is 12.2. The molecule has 0 amide bonds. The van der Waals surface area contributed by atoms with Gasteiger partial charge in [-0.15, -0.1) is 37.2 Å². The zero-order chi connectivity index (χ0) is 17.6. The van der Waals surface area contributed by atoms with E-state index in [0.29, 0.717) is 6.04 Å². The number of hydrogen-bond donors (Lipinski definition) is 2. The Morgan fingerprint density at radius 3 is 2.11 bits per heavy atom. The van der Waals surface area contributed by atoms with Crippen molar-refractivity contribution in [2.75, 3.05) is 50.7 Å². The molecule has 3 rings (SSSR count). The molecule has 2 aliphatic rings. The summed E-state index contributed by atoms with van der Waals surface area (Å²) in [5.41, 5.74) is 2.25. The van der Waals surface area contributed by atoms with Gasteiger partial charge in [0.05, 0.1) is 12.8 Å². The first-order valence-electron chi connectivity index (χ1n) is 8.92. The van der Waals surface area contributed by atoms with Crippen molar-refractivity contribution in [3.8, 4) is 0 Å². The second kappa shape index (κ2) is 13.1. The molecule has 0 spiro atoms. The number of piperazine rings is 1. The van der Waals surface area contributed by atoms with Crippen LogP contribution >= 0.6 is 37.2 Å². The van der Waals surface area contributed by atoms with Crippen LogP contribution in [-0.4, -0.2) is 78.9 Å². The average molecular weight is 455 g/mol. The molecule has 0 saturated carbocycles. The third kappa shape index (κ3) is 7.29. The topological polar surface area (TPSA) is 85.4 Å². The minimum Gasteiger partial charge on any atom is -0.480 e. The minimum atomic E-state index is -0.726. The summed E-state index contributed by atoms with van der Waals surface area (Å²) in [5.74, 6) is 4.46. The summed E-state index contributed by atoms with van der Waals surface area (Å²) in [4.78, 5) is 17.8. The second-order valence-corrected chi connectivity index (χ2v) is 6.79. The summed E-state index contributed by atoms with van der Waals surface area (Å²) in [6, 6.07) is 8.91. The molecule has 2 heterocycles. The molecule has 0 aliphatic carbocycles.